The van der Waals surface area contributed by atoms with Crippen molar-refractivity contribution in [3.05, 3.63) is 11.1 Å². The number of nitrogens with zero attached hydrogens (tertiary/aromatic N) is 1. The molecular formula is C14H27ClN2. The van der Waals surface area contributed by atoms with Gasteiger partial charge in [-0.05, 0) is 39.2 Å². The van der Waals surface area contributed by atoms with Crippen LogP contribution in [0.2, 0.25) is 0 Å². The predicted octanol–water partition coefficient (Wildman–Crippen LogP) is 3.37. The first-order valence-corrected chi connectivity index (χ1v) is 7.08. The van der Waals surface area contributed by atoms with Crippen LogP contribution in [0.25, 0.3) is 0 Å². The highest BCUT2D eigenvalue weighted by atomic mass is 35.5. The SMILES string of the molecule is CCC1(CC)CNC(C)(C)CN1CC(C)=CCl. The van der Waals surface area contributed by atoms with Gasteiger partial charge in [0.15, 0.2) is 0 Å². The van der Waals surface area contributed by atoms with Crippen molar-refractivity contribution in [2.75, 3.05) is 19.6 Å². The van der Waals surface area contributed by atoms with Crippen molar-refractivity contribution in [3.8, 4) is 0 Å². The van der Waals surface area contributed by atoms with Crippen molar-refractivity contribution in [1.29, 1.82) is 0 Å². The number of piperazine rings is 1. The van der Waals surface area contributed by atoms with Crippen LogP contribution in [0.5, 0.6) is 0 Å². The lowest BCUT2D eigenvalue weighted by molar-refractivity contribution is 0.0166. The quantitative estimate of drug-likeness (QED) is 0.832. The zero-order valence-corrected chi connectivity index (χ0v) is 12.7. The van der Waals surface area contributed by atoms with Gasteiger partial charge >= 0.3 is 0 Å². The van der Waals surface area contributed by atoms with Gasteiger partial charge < -0.3 is 5.32 Å². The molecule has 0 unspecified atom stereocenters. The third-order valence-corrected chi connectivity index (χ3v) is 4.47. The topological polar surface area (TPSA) is 15.3 Å². The molecule has 1 heterocycles. The van der Waals surface area contributed by atoms with Gasteiger partial charge in [-0.25, -0.2) is 0 Å². The zero-order chi connectivity index (χ0) is 13.1. The summed E-state index contributed by atoms with van der Waals surface area (Å²) in [5, 5.41) is 3.68. The molecule has 0 spiro atoms. The maximum absolute atomic E-state index is 5.82. The zero-order valence-electron chi connectivity index (χ0n) is 11.9. The normalized spacial score (nSPS) is 24.9. The molecular weight excluding hydrogens is 232 g/mol. The van der Waals surface area contributed by atoms with E-state index in [1.165, 1.54) is 18.4 Å². The highest BCUT2D eigenvalue weighted by molar-refractivity contribution is 6.25. The second-order valence-electron chi connectivity index (χ2n) is 5.98. The molecule has 1 aliphatic heterocycles. The summed E-state index contributed by atoms with van der Waals surface area (Å²) in [6, 6.07) is 0. The van der Waals surface area contributed by atoms with Crippen molar-refractivity contribution >= 4 is 11.6 Å². The minimum Gasteiger partial charge on any atom is -0.309 e. The van der Waals surface area contributed by atoms with Gasteiger partial charge in [0.1, 0.15) is 0 Å². The van der Waals surface area contributed by atoms with E-state index in [0.717, 1.165) is 19.6 Å². The maximum Gasteiger partial charge on any atom is 0.0333 e. The molecule has 0 atom stereocenters. The number of hydrogen-bond acceptors (Lipinski definition) is 2. The Morgan fingerprint density at radius 3 is 2.41 bits per heavy atom. The average Bonchev–Trinajstić information content (AvgIpc) is 2.29. The van der Waals surface area contributed by atoms with Crippen LogP contribution in [0.15, 0.2) is 11.1 Å². The molecule has 100 valence electrons. The summed E-state index contributed by atoms with van der Waals surface area (Å²) < 4.78 is 0. The summed E-state index contributed by atoms with van der Waals surface area (Å²) in [6.07, 6.45) is 2.37. The molecule has 0 bridgehead atoms. The molecule has 1 aliphatic rings. The number of rotatable bonds is 4. The Hall–Kier alpha value is -0.0500. The van der Waals surface area contributed by atoms with Gasteiger partial charge in [0.25, 0.3) is 0 Å². The number of hydrogen-bond donors (Lipinski definition) is 1. The van der Waals surface area contributed by atoms with Crippen LogP contribution in [-0.2, 0) is 0 Å². The van der Waals surface area contributed by atoms with Gasteiger partial charge in [0, 0.05) is 36.2 Å². The lowest BCUT2D eigenvalue weighted by atomic mass is 9.84. The van der Waals surface area contributed by atoms with Gasteiger partial charge in [-0.1, -0.05) is 25.4 Å². The van der Waals surface area contributed by atoms with E-state index >= 15 is 0 Å². The van der Waals surface area contributed by atoms with E-state index in [0.29, 0.717) is 0 Å². The van der Waals surface area contributed by atoms with Gasteiger partial charge in [-0.15, -0.1) is 0 Å². The Morgan fingerprint density at radius 2 is 1.94 bits per heavy atom. The van der Waals surface area contributed by atoms with E-state index < -0.39 is 0 Å². The molecule has 3 heteroatoms. The minimum absolute atomic E-state index is 0.195. The van der Waals surface area contributed by atoms with Crippen molar-refractivity contribution in [1.82, 2.24) is 10.2 Å². The second-order valence-corrected chi connectivity index (χ2v) is 6.20. The minimum atomic E-state index is 0.195. The fraction of sp³-hybridized carbons (Fsp3) is 0.857. The third kappa shape index (κ3) is 3.46. The van der Waals surface area contributed by atoms with Gasteiger partial charge in [0.05, 0.1) is 0 Å². The molecule has 0 aromatic carbocycles. The van der Waals surface area contributed by atoms with E-state index in [4.69, 9.17) is 11.6 Å². The third-order valence-electron chi connectivity index (χ3n) is 4.10. The Bertz CT molecular complexity index is 280. The Balaban J connectivity index is 2.89. The van der Waals surface area contributed by atoms with Crippen LogP contribution in [0.1, 0.15) is 47.5 Å². The monoisotopic (exact) mass is 258 g/mol. The molecule has 1 saturated heterocycles. The molecule has 1 rings (SSSR count). The van der Waals surface area contributed by atoms with E-state index in [9.17, 15) is 0 Å². The van der Waals surface area contributed by atoms with Crippen LogP contribution in [0, 0.1) is 0 Å². The number of halogens is 1. The van der Waals surface area contributed by atoms with Gasteiger partial charge in [0.2, 0.25) is 0 Å². The standard InChI is InChI=1S/C14H27ClN2/c1-6-14(7-2)10-16-13(4,5)11-17(14)9-12(3)8-15/h8,16H,6-7,9-11H2,1-5H3. The van der Waals surface area contributed by atoms with Crippen LogP contribution in [0.3, 0.4) is 0 Å². The van der Waals surface area contributed by atoms with Gasteiger partial charge in [-0.3, -0.25) is 4.90 Å². The van der Waals surface area contributed by atoms with Crippen molar-refractivity contribution in [2.45, 2.75) is 58.5 Å². The molecule has 0 aromatic heterocycles. The van der Waals surface area contributed by atoms with Gasteiger partial charge in [-0.2, -0.15) is 0 Å². The Labute approximate surface area is 111 Å². The molecule has 1 N–H and O–H groups in total. The molecule has 17 heavy (non-hydrogen) atoms. The largest absolute Gasteiger partial charge is 0.309 e. The smallest absolute Gasteiger partial charge is 0.0333 e. The lowest BCUT2D eigenvalue weighted by Crippen LogP contribution is -2.68. The van der Waals surface area contributed by atoms with Crippen LogP contribution in [-0.4, -0.2) is 35.6 Å². The summed E-state index contributed by atoms with van der Waals surface area (Å²) in [5.74, 6) is 0. The van der Waals surface area contributed by atoms with Crippen molar-refractivity contribution < 1.29 is 0 Å². The fourth-order valence-corrected chi connectivity index (χ4v) is 2.79. The summed E-state index contributed by atoms with van der Waals surface area (Å²) in [5.41, 5.74) is 3.44. The summed E-state index contributed by atoms with van der Waals surface area (Å²) in [6.45, 7) is 14.4. The number of nitrogens with one attached hydrogen (secondary N) is 1. The Morgan fingerprint density at radius 1 is 1.35 bits per heavy atom. The highest BCUT2D eigenvalue weighted by Crippen LogP contribution is 2.30. The molecule has 1 fully saturated rings. The van der Waals surface area contributed by atoms with Crippen molar-refractivity contribution in [3.63, 3.8) is 0 Å². The molecule has 0 saturated carbocycles. The molecule has 0 radical (unpaired) electrons. The van der Waals surface area contributed by atoms with E-state index in [-0.39, 0.29) is 11.1 Å². The Kier molecular flexibility index (Phi) is 5.06. The first-order valence-electron chi connectivity index (χ1n) is 6.65. The summed E-state index contributed by atoms with van der Waals surface area (Å²) in [4.78, 5) is 2.61. The maximum atomic E-state index is 5.82. The summed E-state index contributed by atoms with van der Waals surface area (Å²) >= 11 is 5.82. The highest BCUT2D eigenvalue weighted by Gasteiger charge is 2.41. The summed E-state index contributed by atoms with van der Waals surface area (Å²) in [7, 11) is 0. The fourth-order valence-electron chi connectivity index (χ4n) is 2.72. The first-order chi connectivity index (χ1) is 7.89. The molecule has 0 aliphatic carbocycles. The lowest BCUT2D eigenvalue weighted by Gasteiger charge is -2.52. The van der Waals surface area contributed by atoms with Crippen LogP contribution in [0.4, 0.5) is 0 Å². The average molecular weight is 259 g/mol. The van der Waals surface area contributed by atoms with E-state index in [1.807, 2.05) is 0 Å². The molecule has 0 aromatic rings. The predicted molar refractivity (Wildman–Crippen MR) is 76.6 cm³/mol. The van der Waals surface area contributed by atoms with Crippen LogP contribution < -0.4 is 5.32 Å². The second kappa shape index (κ2) is 5.73. The van der Waals surface area contributed by atoms with E-state index in [2.05, 4.69) is 44.8 Å². The first kappa shape index (κ1) is 15.0. The van der Waals surface area contributed by atoms with Crippen LogP contribution >= 0.6 is 11.6 Å². The molecule has 2 nitrogen and oxygen atoms in total. The van der Waals surface area contributed by atoms with E-state index in [1.54, 1.807) is 5.54 Å². The molecule has 0 amide bonds. The van der Waals surface area contributed by atoms with Crippen molar-refractivity contribution in [2.24, 2.45) is 0 Å².